The molecule has 0 radical (unpaired) electrons. The molecule has 0 aromatic carbocycles. The molecule has 0 saturated carbocycles. The number of hydrogen-bond acceptors (Lipinski definition) is 6. The van der Waals surface area contributed by atoms with Crippen molar-refractivity contribution in [2.45, 2.75) is 51.4 Å². The minimum Gasteiger partial charge on any atom is -0.475 e. The van der Waals surface area contributed by atoms with E-state index in [-0.39, 0.29) is 0 Å². The number of hydrogen-bond donors (Lipinski definition) is 2. The molecule has 3 heterocycles. The monoisotopic (exact) mass is 530 g/mol. The van der Waals surface area contributed by atoms with Crippen molar-refractivity contribution >= 4 is 11.9 Å². The van der Waals surface area contributed by atoms with E-state index in [0.29, 0.717) is 6.04 Å². The van der Waals surface area contributed by atoms with Crippen molar-refractivity contribution in [1.29, 1.82) is 0 Å². The number of aryl methyl sites for hydroxylation is 1. The molecule has 2 aromatic heterocycles. The average molecular weight is 530 g/mol. The van der Waals surface area contributed by atoms with E-state index in [9.17, 15) is 26.3 Å². The fourth-order valence-electron chi connectivity index (χ4n) is 3.14. The van der Waals surface area contributed by atoms with Crippen molar-refractivity contribution in [2.75, 3.05) is 27.2 Å². The van der Waals surface area contributed by atoms with Crippen LogP contribution in [0.1, 0.15) is 30.6 Å². The number of rotatable bonds is 6. The SMILES string of the molecule is CCn1cc(CN2Cc3cncn3C(CCN(C)C)C2)cn1.O=C(O)C(F)(F)F.O=C(O)C(F)(F)F. The van der Waals surface area contributed by atoms with Crippen LogP contribution in [0.15, 0.2) is 24.9 Å². The number of carboxylic acid groups (broad SMARTS) is 2. The summed E-state index contributed by atoms with van der Waals surface area (Å²) < 4.78 is 67.8. The first-order valence-electron chi connectivity index (χ1n) is 10.5. The smallest absolute Gasteiger partial charge is 0.475 e. The third-order valence-electron chi connectivity index (χ3n) is 4.81. The highest BCUT2D eigenvalue weighted by molar-refractivity contribution is 5.73. The first kappa shape index (κ1) is 30.9. The van der Waals surface area contributed by atoms with Gasteiger partial charge in [0.2, 0.25) is 0 Å². The number of carboxylic acids is 2. The van der Waals surface area contributed by atoms with Gasteiger partial charge in [0.05, 0.1) is 18.2 Å². The van der Waals surface area contributed by atoms with Gasteiger partial charge in [-0.25, -0.2) is 14.6 Å². The second-order valence-corrected chi connectivity index (χ2v) is 8.02. The van der Waals surface area contributed by atoms with Crippen LogP contribution in [0.5, 0.6) is 0 Å². The normalized spacial score (nSPS) is 15.9. The first-order valence-corrected chi connectivity index (χ1v) is 10.5. The minimum atomic E-state index is -5.08. The molecule has 0 aliphatic carbocycles. The van der Waals surface area contributed by atoms with E-state index >= 15 is 0 Å². The predicted octanol–water partition coefficient (Wildman–Crippen LogP) is 2.87. The maximum absolute atomic E-state index is 10.6. The van der Waals surface area contributed by atoms with Gasteiger partial charge in [-0.3, -0.25) is 9.58 Å². The summed E-state index contributed by atoms with van der Waals surface area (Å²) in [5.41, 5.74) is 2.61. The van der Waals surface area contributed by atoms with Gasteiger partial charge >= 0.3 is 24.3 Å². The molecule has 2 N–H and O–H groups in total. The number of halogens is 6. The number of aromatic nitrogens is 4. The molecule has 1 aliphatic rings. The maximum atomic E-state index is 10.6. The van der Waals surface area contributed by atoms with E-state index in [4.69, 9.17) is 19.8 Å². The van der Waals surface area contributed by atoms with Crippen molar-refractivity contribution in [3.8, 4) is 0 Å². The van der Waals surface area contributed by atoms with Crippen LogP contribution in [0.4, 0.5) is 26.3 Å². The molecule has 10 nitrogen and oxygen atoms in total. The Bertz CT molecular complexity index is 949. The Kier molecular flexibility index (Phi) is 11.4. The zero-order valence-electron chi connectivity index (χ0n) is 19.8. The number of nitrogens with zero attached hydrogens (tertiary/aromatic N) is 6. The van der Waals surface area contributed by atoms with Gasteiger partial charge in [0, 0.05) is 50.2 Å². The molecule has 1 aliphatic heterocycles. The Labute approximate surface area is 202 Å². The number of fused-ring (bicyclic) bond motifs is 1. The fraction of sp³-hybridized carbons (Fsp3) is 0.600. The quantitative estimate of drug-likeness (QED) is 0.548. The lowest BCUT2D eigenvalue weighted by Gasteiger charge is -2.34. The summed E-state index contributed by atoms with van der Waals surface area (Å²) in [6.07, 6.45) is -0.877. The first-order chi connectivity index (χ1) is 16.5. The van der Waals surface area contributed by atoms with E-state index in [0.717, 1.165) is 39.1 Å². The van der Waals surface area contributed by atoms with E-state index in [1.54, 1.807) is 0 Å². The predicted molar refractivity (Wildman–Crippen MR) is 114 cm³/mol. The van der Waals surface area contributed by atoms with Gasteiger partial charge in [0.1, 0.15) is 0 Å². The summed E-state index contributed by atoms with van der Waals surface area (Å²) in [6, 6.07) is 0.509. The molecule has 0 bridgehead atoms. The summed E-state index contributed by atoms with van der Waals surface area (Å²) in [6.45, 7) is 7.16. The number of carbonyl (C=O) groups is 2. The van der Waals surface area contributed by atoms with Gasteiger partial charge < -0.3 is 19.7 Å². The third kappa shape index (κ3) is 10.6. The molecule has 0 fully saturated rings. The van der Waals surface area contributed by atoms with Crippen LogP contribution in [0.2, 0.25) is 0 Å². The number of aliphatic carboxylic acids is 2. The van der Waals surface area contributed by atoms with E-state index in [1.807, 2.05) is 23.4 Å². The van der Waals surface area contributed by atoms with Crippen molar-refractivity contribution < 1.29 is 46.1 Å². The van der Waals surface area contributed by atoms with E-state index in [2.05, 4.69) is 51.7 Å². The van der Waals surface area contributed by atoms with Crippen LogP contribution in [0.25, 0.3) is 0 Å². The molecule has 1 atom stereocenters. The summed E-state index contributed by atoms with van der Waals surface area (Å²) in [5, 5.41) is 18.6. The van der Waals surface area contributed by atoms with E-state index < -0.39 is 24.3 Å². The average Bonchev–Trinajstić information content (AvgIpc) is 3.40. The highest BCUT2D eigenvalue weighted by Gasteiger charge is 2.38. The second kappa shape index (κ2) is 13.2. The molecule has 0 amide bonds. The lowest BCUT2D eigenvalue weighted by molar-refractivity contribution is -0.193. The summed E-state index contributed by atoms with van der Waals surface area (Å²) in [7, 11) is 4.27. The lowest BCUT2D eigenvalue weighted by atomic mass is 10.1. The molecule has 0 spiro atoms. The second-order valence-electron chi connectivity index (χ2n) is 8.02. The molecule has 2 aromatic rings. The van der Waals surface area contributed by atoms with Gasteiger partial charge in [-0.1, -0.05) is 0 Å². The Morgan fingerprint density at radius 3 is 2.08 bits per heavy atom. The molecule has 36 heavy (non-hydrogen) atoms. The van der Waals surface area contributed by atoms with Gasteiger partial charge in [0.15, 0.2) is 0 Å². The Morgan fingerprint density at radius 1 is 1.08 bits per heavy atom. The largest absolute Gasteiger partial charge is 0.490 e. The van der Waals surface area contributed by atoms with Crippen LogP contribution in [0, 0.1) is 0 Å². The molecular weight excluding hydrogens is 502 g/mol. The molecule has 204 valence electrons. The number of alkyl halides is 6. The molecule has 16 heteroatoms. The lowest BCUT2D eigenvalue weighted by Crippen LogP contribution is -2.37. The van der Waals surface area contributed by atoms with Gasteiger partial charge in [-0.15, -0.1) is 0 Å². The summed E-state index contributed by atoms with van der Waals surface area (Å²) in [4.78, 5) is 26.9. The Morgan fingerprint density at radius 2 is 1.64 bits per heavy atom. The van der Waals surface area contributed by atoms with Crippen LogP contribution in [-0.2, 0) is 29.2 Å². The fourth-order valence-corrected chi connectivity index (χ4v) is 3.14. The molecular formula is C20H28F6N6O4. The van der Waals surface area contributed by atoms with Gasteiger partial charge in [-0.05, 0) is 34.0 Å². The van der Waals surface area contributed by atoms with E-state index in [1.165, 1.54) is 11.3 Å². The van der Waals surface area contributed by atoms with Crippen molar-refractivity contribution in [1.82, 2.24) is 29.1 Å². The van der Waals surface area contributed by atoms with Crippen molar-refractivity contribution in [3.05, 3.63) is 36.2 Å². The zero-order valence-corrected chi connectivity index (χ0v) is 19.8. The standard InChI is InChI=1S/C16H26N6.2C2HF3O2/c1-4-21-10-14(7-18-21)9-20-11-15(5-6-19(2)3)22-13-17-8-16(22)12-20;2*3-2(4,5)1(6)7/h7-8,10,13,15H,4-6,9,11-12H2,1-3H3;2*(H,6,7). The van der Waals surface area contributed by atoms with Crippen LogP contribution in [0.3, 0.4) is 0 Å². The molecule has 0 saturated heterocycles. The highest BCUT2D eigenvalue weighted by Crippen LogP contribution is 2.25. The number of imidazole rings is 1. The zero-order chi connectivity index (χ0) is 27.7. The van der Waals surface area contributed by atoms with Crippen LogP contribution < -0.4 is 0 Å². The Hall–Kier alpha value is -3.14. The van der Waals surface area contributed by atoms with Crippen LogP contribution >= 0.6 is 0 Å². The summed E-state index contributed by atoms with van der Waals surface area (Å²) >= 11 is 0. The maximum Gasteiger partial charge on any atom is 0.490 e. The summed E-state index contributed by atoms with van der Waals surface area (Å²) in [5.74, 6) is -5.51. The minimum absolute atomic E-state index is 0.509. The topological polar surface area (TPSA) is 117 Å². The molecule has 1 unspecified atom stereocenters. The highest BCUT2D eigenvalue weighted by atomic mass is 19.4. The van der Waals surface area contributed by atoms with Crippen molar-refractivity contribution in [3.63, 3.8) is 0 Å². The van der Waals surface area contributed by atoms with Crippen LogP contribution in [-0.4, -0.2) is 90.8 Å². The molecule has 3 rings (SSSR count). The third-order valence-corrected chi connectivity index (χ3v) is 4.81. The van der Waals surface area contributed by atoms with Crippen molar-refractivity contribution in [2.24, 2.45) is 0 Å². The Balaban J connectivity index is 0.000000383. The van der Waals surface area contributed by atoms with Gasteiger partial charge in [0.25, 0.3) is 0 Å². The van der Waals surface area contributed by atoms with Gasteiger partial charge in [-0.2, -0.15) is 31.4 Å².